The minimum absolute atomic E-state index is 0.0489. The molecule has 0 radical (unpaired) electrons. The van der Waals surface area contributed by atoms with Gasteiger partial charge in [0.1, 0.15) is 5.82 Å². The fraction of sp³-hybridized carbons (Fsp3) is 0.261. The van der Waals surface area contributed by atoms with Gasteiger partial charge in [0.05, 0.1) is 17.6 Å². The molecule has 0 spiro atoms. The number of nitrogens with one attached hydrogen (secondary N) is 1. The van der Waals surface area contributed by atoms with Crippen LogP contribution in [0.15, 0.2) is 59.5 Å². The summed E-state index contributed by atoms with van der Waals surface area (Å²) in [5.41, 5.74) is 9.21. The van der Waals surface area contributed by atoms with Crippen LogP contribution in [0.3, 0.4) is 0 Å². The molecule has 4 aromatic rings. The molecule has 0 aliphatic heterocycles. The largest absolute Gasteiger partial charge is 0.395 e. The summed E-state index contributed by atoms with van der Waals surface area (Å²) in [6.45, 7) is 0.497. The van der Waals surface area contributed by atoms with Crippen molar-refractivity contribution in [1.82, 2.24) is 25.1 Å². The Labute approximate surface area is 184 Å². The Morgan fingerprint density at radius 1 is 0.938 bits per heavy atom. The number of benzene rings is 1. The summed E-state index contributed by atoms with van der Waals surface area (Å²) in [4.78, 5) is 17.2. The molecule has 1 aromatic carbocycles. The Balaban J connectivity index is 1.39. The Morgan fingerprint density at radius 3 is 2.28 bits per heavy atom. The van der Waals surface area contributed by atoms with Crippen LogP contribution in [0.25, 0.3) is 22.6 Å². The molecule has 0 unspecified atom stereocenters. The molecular weight excluding hydrogens is 406 g/mol. The van der Waals surface area contributed by atoms with Crippen molar-refractivity contribution in [1.29, 1.82) is 0 Å². The van der Waals surface area contributed by atoms with Gasteiger partial charge in [-0.25, -0.2) is 15.0 Å². The predicted octanol–water partition coefficient (Wildman–Crippen LogP) is 3.05. The average molecular weight is 429 g/mol. The molecule has 1 fully saturated rings. The zero-order valence-corrected chi connectivity index (χ0v) is 17.4. The van der Waals surface area contributed by atoms with Gasteiger partial charge in [-0.05, 0) is 36.1 Å². The number of anilines is 2. The quantitative estimate of drug-likeness (QED) is 0.405. The second kappa shape index (κ2) is 8.35. The number of nitrogen functional groups attached to an aromatic ring is 1. The van der Waals surface area contributed by atoms with Crippen LogP contribution >= 0.6 is 0 Å². The lowest BCUT2D eigenvalue weighted by molar-refractivity contribution is 0.273. The van der Waals surface area contributed by atoms with E-state index in [-0.39, 0.29) is 18.0 Å². The van der Waals surface area contributed by atoms with Gasteiger partial charge in [0.15, 0.2) is 5.82 Å². The number of aliphatic hydroxyl groups is 1. The van der Waals surface area contributed by atoms with Crippen molar-refractivity contribution in [3.05, 3.63) is 66.4 Å². The monoisotopic (exact) mass is 429 g/mol. The second-order valence-corrected chi connectivity index (χ2v) is 7.85. The number of nitrogens with two attached hydrogens (primary N) is 1. The smallest absolute Gasteiger partial charge is 0.259 e. The molecule has 0 atom stereocenters. The molecule has 5 rings (SSSR count). The first-order valence-corrected chi connectivity index (χ1v) is 10.5. The molecule has 1 aliphatic rings. The summed E-state index contributed by atoms with van der Waals surface area (Å²) >= 11 is 0. The lowest BCUT2D eigenvalue weighted by Gasteiger charge is -2.39. The maximum atomic E-state index is 8.91. The van der Waals surface area contributed by atoms with Crippen molar-refractivity contribution >= 4 is 11.8 Å². The highest BCUT2D eigenvalue weighted by Gasteiger charge is 2.44. The summed E-state index contributed by atoms with van der Waals surface area (Å²) < 4.78 is 5.59. The van der Waals surface area contributed by atoms with Crippen molar-refractivity contribution in [2.75, 3.05) is 24.2 Å². The third kappa shape index (κ3) is 3.67. The van der Waals surface area contributed by atoms with E-state index in [9.17, 15) is 0 Å². The third-order valence-electron chi connectivity index (χ3n) is 5.93. The molecule has 3 aromatic heterocycles. The highest BCUT2D eigenvalue weighted by Crippen LogP contribution is 2.48. The minimum atomic E-state index is -0.242. The van der Waals surface area contributed by atoms with Gasteiger partial charge in [-0.1, -0.05) is 35.8 Å². The summed E-state index contributed by atoms with van der Waals surface area (Å²) in [5.74, 6) is 2.09. The van der Waals surface area contributed by atoms with Gasteiger partial charge in [0, 0.05) is 30.7 Å². The van der Waals surface area contributed by atoms with E-state index in [1.807, 2.05) is 12.1 Å². The van der Waals surface area contributed by atoms with Gasteiger partial charge in [0.2, 0.25) is 5.95 Å². The van der Waals surface area contributed by atoms with Gasteiger partial charge in [-0.3, -0.25) is 0 Å². The molecule has 162 valence electrons. The van der Waals surface area contributed by atoms with E-state index in [0.717, 1.165) is 41.5 Å². The van der Waals surface area contributed by atoms with Gasteiger partial charge >= 0.3 is 0 Å². The minimum Gasteiger partial charge on any atom is -0.395 e. The molecule has 9 heteroatoms. The van der Waals surface area contributed by atoms with Crippen molar-refractivity contribution in [2.24, 2.45) is 0 Å². The topological polar surface area (TPSA) is 136 Å². The first-order chi connectivity index (χ1) is 15.7. The van der Waals surface area contributed by atoms with E-state index in [1.54, 1.807) is 18.6 Å². The number of rotatable bonds is 7. The highest BCUT2D eigenvalue weighted by atomic mass is 16.5. The van der Waals surface area contributed by atoms with Crippen molar-refractivity contribution in [2.45, 2.75) is 24.7 Å². The zero-order valence-electron chi connectivity index (χ0n) is 17.4. The first-order valence-electron chi connectivity index (χ1n) is 10.5. The molecule has 0 amide bonds. The number of aliphatic hydroxyl groups excluding tert-OH is 1. The lowest BCUT2D eigenvalue weighted by atomic mass is 9.64. The fourth-order valence-electron chi connectivity index (χ4n) is 3.98. The van der Waals surface area contributed by atoms with Crippen LogP contribution in [0.1, 0.15) is 30.7 Å². The molecule has 4 N–H and O–H groups in total. The second-order valence-electron chi connectivity index (χ2n) is 7.85. The normalized spacial score (nSPS) is 14.7. The van der Waals surface area contributed by atoms with Crippen molar-refractivity contribution in [3.8, 4) is 22.6 Å². The van der Waals surface area contributed by atoms with Crippen LogP contribution in [0, 0.1) is 0 Å². The van der Waals surface area contributed by atoms with Crippen LogP contribution in [0.5, 0.6) is 0 Å². The van der Waals surface area contributed by atoms with E-state index in [2.05, 4.69) is 49.7 Å². The number of hydrogen-bond acceptors (Lipinski definition) is 9. The van der Waals surface area contributed by atoms with Gasteiger partial charge < -0.3 is 20.7 Å². The average Bonchev–Trinajstić information content (AvgIpc) is 3.29. The molecule has 32 heavy (non-hydrogen) atoms. The van der Waals surface area contributed by atoms with E-state index < -0.39 is 0 Å². The van der Waals surface area contributed by atoms with Crippen LogP contribution < -0.4 is 11.1 Å². The lowest BCUT2D eigenvalue weighted by Crippen LogP contribution is -2.36. The number of aromatic nitrogens is 5. The number of hydrogen-bond donors (Lipinski definition) is 3. The highest BCUT2D eigenvalue weighted by molar-refractivity contribution is 5.63. The Kier molecular flexibility index (Phi) is 5.24. The summed E-state index contributed by atoms with van der Waals surface area (Å²) in [6, 6.07) is 12.1. The summed E-state index contributed by atoms with van der Waals surface area (Å²) in [6.07, 6.45) is 8.19. The van der Waals surface area contributed by atoms with E-state index in [4.69, 9.17) is 20.3 Å². The van der Waals surface area contributed by atoms with Gasteiger partial charge in [-0.2, -0.15) is 4.98 Å². The van der Waals surface area contributed by atoms with Crippen molar-refractivity contribution in [3.63, 3.8) is 0 Å². The molecule has 1 aliphatic carbocycles. The van der Waals surface area contributed by atoms with Crippen molar-refractivity contribution < 1.29 is 9.63 Å². The molecule has 3 heterocycles. The standard InChI is InChI=1S/C23H23N7O2/c24-22-27-13-17(14-28-22)15-2-5-18(6-3-15)23(8-1-9-23)21-29-20(32-30-21)16-4-7-19(26-12-16)25-10-11-31/h2-7,12-14,31H,1,8-11H2,(H,25,26)(H2,24,27,28). The van der Waals surface area contributed by atoms with E-state index in [1.165, 1.54) is 0 Å². The van der Waals surface area contributed by atoms with Crippen LogP contribution in [0.4, 0.5) is 11.8 Å². The SMILES string of the molecule is Nc1ncc(-c2ccc(C3(c4noc(-c5ccc(NCCO)nc5)n4)CCC3)cc2)cn1. The molecule has 9 nitrogen and oxygen atoms in total. The Morgan fingerprint density at radius 2 is 1.66 bits per heavy atom. The third-order valence-corrected chi connectivity index (χ3v) is 5.93. The maximum absolute atomic E-state index is 8.91. The first kappa shape index (κ1) is 20.1. The summed E-state index contributed by atoms with van der Waals surface area (Å²) in [5, 5.41) is 16.3. The maximum Gasteiger partial charge on any atom is 0.259 e. The van der Waals surface area contributed by atoms with E-state index >= 15 is 0 Å². The fourth-order valence-corrected chi connectivity index (χ4v) is 3.98. The Bertz CT molecular complexity index is 1180. The predicted molar refractivity (Wildman–Crippen MR) is 120 cm³/mol. The Hall–Kier alpha value is -3.85. The summed E-state index contributed by atoms with van der Waals surface area (Å²) in [7, 11) is 0. The molecule has 1 saturated carbocycles. The molecule has 0 saturated heterocycles. The zero-order chi connectivity index (χ0) is 22.0. The van der Waals surface area contributed by atoms with E-state index in [0.29, 0.717) is 24.1 Å². The van der Waals surface area contributed by atoms with Crippen LogP contribution in [0.2, 0.25) is 0 Å². The molecular formula is C23H23N7O2. The van der Waals surface area contributed by atoms with Gasteiger partial charge in [-0.15, -0.1) is 0 Å². The molecule has 0 bridgehead atoms. The number of pyridine rings is 1. The van der Waals surface area contributed by atoms with Gasteiger partial charge in [0.25, 0.3) is 5.89 Å². The number of nitrogens with zero attached hydrogens (tertiary/aromatic N) is 5. The van der Waals surface area contributed by atoms with Crippen LogP contribution in [-0.2, 0) is 5.41 Å². The van der Waals surface area contributed by atoms with Crippen LogP contribution in [-0.4, -0.2) is 43.4 Å².